The topological polar surface area (TPSA) is 16.4 Å². The van der Waals surface area contributed by atoms with Gasteiger partial charge >= 0.3 is 0 Å². The van der Waals surface area contributed by atoms with Crippen molar-refractivity contribution in [1.29, 1.82) is 0 Å². The number of rotatable bonds is 10. The van der Waals surface area contributed by atoms with Crippen molar-refractivity contribution < 1.29 is 4.42 Å². The fraction of sp³-hybridized carbons (Fsp3) is 0. The van der Waals surface area contributed by atoms with Gasteiger partial charge in [-0.3, -0.25) is 0 Å². The lowest BCUT2D eigenvalue weighted by Crippen LogP contribution is -2.10. The SMILES string of the molecule is c1ccc(-c2ccc(-c3ccccc3-c3ccc(N(c4ccc(-c5ccc(-c6ccc7ccccc7c6)cc5)cc4)c4ccc(-c5ccccc5)c5oc6ccccc6c45)cc3)cc2-c2ccccc2)cc1. The van der Waals surface area contributed by atoms with Gasteiger partial charge in [-0.1, -0.05) is 231 Å². The summed E-state index contributed by atoms with van der Waals surface area (Å²) in [5.74, 6) is 0. The molecule has 0 unspecified atom stereocenters. The van der Waals surface area contributed by atoms with E-state index >= 15 is 0 Å². The first-order chi connectivity index (χ1) is 35.7. The van der Waals surface area contributed by atoms with Crippen LogP contribution in [-0.4, -0.2) is 0 Å². The second-order valence-electron chi connectivity index (χ2n) is 18.4. The van der Waals surface area contributed by atoms with Gasteiger partial charge in [-0.2, -0.15) is 0 Å². The second kappa shape index (κ2) is 18.4. The van der Waals surface area contributed by atoms with Gasteiger partial charge in [0.15, 0.2) is 0 Å². The van der Waals surface area contributed by atoms with Crippen LogP contribution in [0, 0.1) is 0 Å². The van der Waals surface area contributed by atoms with Crippen LogP contribution < -0.4 is 4.90 Å². The highest BCUT2D eigenvalue weighted by Gasteiger charge is 2.23. The number of para-hydroxylation sites is 1. The Hall–Kier alpha value is -9.50. The van der Waals surface area contributed by atoms with E-state index in [2.05, 4.69) is 284 Å². The maximum absolute atomic E-state index is 6.81. The highest BCUT2D eigenvalue weighted by molar-refractivity contribution is 6.17. The number of hydrogen-bond acceptors (Lipinski definition) is 2. The zero-order valence-electron chi connectivity index (χ0n) is 39.5. The van der Waals surface area contributed by atoms with Crippen LogP contribution in [0.5, 0.6) is 0 Å². The number of fused-ring (bicyclic) bond motifs is 4. The van der Waals surface area contributed by atoms with Crippen LogP contribution in [0.4, 0.5) is 17.1 Å². The average Bonchev–Trinajstić information content (AvgIpc) is 3.86. The molecule has 13 aromatic rings. The summed E-state index contributed by atoms with van der Waals surface area (Å²) in [7, 11) is 0. The maximum atomic E-state index is 6.81. The van der Waals surface area contributed by atoms with Crippen molar-refractivity contribution in [3.05, 3.63) is 285 Å². The van der Waals surface area contributed by atoms with Crippen LogP contribution in [0.1, 0.15) is 0 Å². The van der Waals surface area contributed by atoms with E-state index in [1.165, 1.54) is 66.4 Å². The molecule has 0 aliphatic rings. The van der Waals surface area contributed by atoms with E-state index in [0.717, 1.165) is 61.3 Å². The van der Waals surface area contributed by atoms with E-state index in [1.807, 2.05) is 6.07 Å². The van der Waals surface area contributed by atoms with Crippen LogP contribution in [0.3, 0.4) is 0 Å². The third kappa shape index (κ3) is 7.92. The largest absolute Gasteiger partial charge is 0.455 e. The molecule has 2 nitrogen and oxygen atoms in total. The van der Waals surface area contributed by atoms with E-state index < -0.39 is 0 Å². The third-order valence-electron chi connectivity index (χ3n) is 14.1. The van der Waals surface area contributed by atoms with Crippen molar-refractivity contribution in [3.63, 3.8) is 0 Å². The van der Waals surface area contributed by atoms with Crippen LogP contribution in [0.25, 0.3) is 111 Å². The van der Waals surface area contributed by atoms with Crippen molar-refractivity contribution in [2.75, 3.05) is 4.90 Å². The minimum atomic E-state index is 0.860. The first-order valence-corrected chi connectivity index (χ1v) is 24.6. The van der Waals surface area contributed by atoms with Gasteiger partial charge in [0.05, 0.1) is 11.1 Å². The summed E-state index contributed by atoms with van der Waals surface area (Å²) in [6, 6.07) is 103. The minimum Gasteiger partial charge on any atom is -0.455 e. The lowest BCUT2D eigenvalue weighted by Gasteiger charge is -2.27. The highest BCUT2D eigenvalue weighted by atomic mass is 16.3. The Balaban J connectivity index is 0.909. The number of nitrogens with zero attached hydrogens (tertiary/aromatic N) is 1. The van der Waals surface area contributed by atoms with Crippen LogP contribution in [0.2, 0.25) is 0 Å². The fourth-order valence-electron chi connectivity index (χ4n) is 10.5. The zero-order chi connectivity index (χ0) is 47.8. The number of benzene rings is 12. The van der Waals surface area contributed by atoms with Gasteiger partial charge in [0.1, 0.15) is 11.2 Å². The standard InChI is InChI=1S/C70H47NO/c1-4-17-52(18-5-1)63-43-38-58(47-66(63)54-21-8-3-9-22-54)62-25-13-12-24-61(62)55-36-41-60(42-37-55)71(67-45-44-64(53-19-6-2-7-20-53)70-69(67)65-26-14-15-27-68(65)72-70)59-39-34-50(35-40-59)49-28-30-51(31-29-49)57-33-32-48-16-10-11-23-56(48)46-57/h1-47H. The van der Waals surface area contributed by atoms with E-state index in [0.29, 0.717) is 0 Å². The normalized spacial score (nSPS) is 11.3. The van der Waals surface area contributed by atoms with Crippen molar-refractivity contribution in [2.24, 2.45) is 0 Å². The molecule has 1 heterocycles. The van der Waals surface area contributed by atoms with E-state index in [-0.39, 0.29) is 0 Å². The number of hydrogen-bond donors (Lipinski definition) is 0. The Labute approximate surface area is 420 Å². The molecule has 0 fully saturated rings. The van der Waals surface area contributed by atoms with Crippen molar-refractivity contribution in [1.82, 2.24) is 0 Å². The molecule has 0 N–H and O–H groups in total. The zero-order valence-corrected chi connectivity index (χ0v) is 39.5. The molecule has 0 amide bonds. The Morgan fingerprint density at radius 2 is 0.681 bits per heavy atom. The summed E-state index contributed by atoms with van der Waals surface area (Å²) in [6.07, 6.45) is 0. The van der Waals surface area contributed by atoms with Crippen LogP contribution in [0.15, 0.2) is 290 Å². The van der Waals surface area contributed by atoms with E-state index in [9.17, 15) is 0 Å². The molecule has 0 saturated carbocycles. The van der Waals surface area contributed by atoms with Crippen molar-refractivity contribution in [3.8, 4) is 77.9 Å². The molecule has 72 heavy (non-hydrogen) atoms. The van der Waals surface area contributed by atoms with Gasteiger partial charge in [0, 0.05) is 22.3 Å². The number of anilines is 3. The summed E-state index contributed by atoms with van der Waals surface area (Å²) in [5, 5.41) is 4.65. The molecular formula is C70H47NO. The van der Waals surface area contributed by atoms with Crippen LogP contribution in [-0.2, 0) is 0 Å². The maximum Gasteiger partial charge on any atom is 0.145 e. The van der Waals surface area contributed by atoms with E-state index in [4.69, 9.17) is 4.42 Å². The Morgan fingerprint density at radius 1 is 0.250 bits per heavy atom. The summed E-state index contributed by atoms with van der Waals surface area (Å²) in [4.78, 5) is 2.38. The highest BCUT2D eigenvalue weighted by Crippen LogP contribution is 2.47. The molecule has 0 aliphatic heterocycles. The quantitative estimate of drug-likeness (QED) is 0.136. The molecule has 0 spiro atoms. The van der Waals surface area contributed by atoms with Gasteiger partial charge in [0.25, 0.3) is 0 Å². The molecule has 338 valence electrons. The van der Waals surface area contributed by atoms with Gasteiger partial charge < -0.3 is 9.32 Å². The first kappa shape index (κ1) is 42.6. The smallest absolute Gasteiger partial charge is 0.145 e. The molecule has 13 rings (SSSR count). The van der Waals surface area contributed by atoms with Gasteiger partial charge in [-0.25, -0.2) is 0 Å². The monoisotopic (exact) mass is 917 g/mol. The molecule has 0 atom stereocenters. The molecule has 0 bridgehead atoms. The van der Waals surface area contributed by atoms with Gasteiger partial charge in [0.2, 0.25) is 0 Å². The summed E-state index contributed by atoms with van der Waals surface area (Å²) >= 11 is 0. The molecular weight excluding hydrogens is 871 g/mol. The second-order valence-corrected chi connectivity index (χ2v) is 18.4. The Bertz CT molecular complexity index is 4040. The minimum absolute atomic E-state index is 0.860. The molecule has 0 aliphatic carbocycles. The summed E-state index contributed by atoms with van der Waals surface area (Å²) in [5.41, 5.74) is 21.3. The lowest BCUT2D eigenvalue weighted by atomic mass is 9.88. The lowest BCUT2D eigenvalue weighted by molar-refractivity contribution is 0.670. The summed E-state index contributed by atoms with van der Waals surface area (Å²) in [6.45, 7) is 0. The predicted molar refractivity (Wildman–Crippen MR) is 304 cm³/mol. The van der Waals surface area contributed by atoms with E-state index in [1.54, 1.807) is 0 Å². The molecule has 12 aromatic carbocycles. The first-order valence-electron chi connectivity index (χ1n) is 24.6. The van der Waals surface area contributed by atoms with Gasteiger partial charge in [-0.15, -0.1) is 0 Å². The van der Waals surface area contributed by atoms with Crippen molar-refractivity contribution in [2.45, 2.75) is 0 Å². The van der Waals surface area contributed by atoms with Crippen LogP contribution >= 0.6 is 0 Å². The molecule has 0 radical (unpaired) electrons. The Kier molecular flexibility index (Phi) is 10.9. The third-order valence-corrected chi connectivity index (χ3v) is 14.1. The molecule has 1 aromatic heterocycles. The summed E-state index contributed by atoms with van der Waals surface area (Å²) < 4.78 is 6.81. The Morgan fingerprint density at radius 3 is 1.33 bits per heavy atom. The number of furan rings is 1. The van der Waals surface area contributed by atoms with Crippen molar-refractivity contribution >= 4 is 49.8 Å². The molecule has 0 saturated heterocycles. The predicted octanol–water partition coefficient (Wildman–Crippen LogP) is 19.9. The molecule has 2 heteroatoms. The fourth-order valence-corrected chi connectivity index (χ4v) is 10.5. The van der Waals surface area contributed by atoms with Gasteiger partial charge in [-0.05, 0) is 138 Å². The average molecular weight is 918 g/mol.